The van der Waals surface area contributed by atoms with Gasteiger partial charge in [0, 0.05) is 10.6 Å². The number of ether oxygens (including phenoxy) is 3. The summed E-state index contributed by atoms with van der Waals surface area (Å²) in [4.78, 5) is 0. The minimum Gasteiger partial charge on any atom is -0.491 e. The Kier molecular flexibility index (Phi) is 4.44. The molecule has 21 heavy (non-hydrogen) atoms. The molecular formula is C17H17ClO3. The summed E-state index contributed by atoms with van der Waals surface area (Å²) in [6.45, 7) is 3.03. The fraction of sp³-hybridized carbons (Fsp3) is 0.294. The second-order valence-corrected chi connectivity index (χ2v) is 5.49. The van der Waals surface area contributed by atoms with Gasteiger partial charge in [-0.3, -0.25) is 0 Å². The average Bonchev–Trinajstić information content (AvgIpc) is 2.96. The Morgan fingerprint density at radius 1 is 1.14 bits per heavy atom. The second kappa shape index (κ2) is 6.48. The maximum atomic E-state index is 5.88. The molecule has 1 heterocycles. The molecule has 1 aliphatic heterocycles. The van der Waals surface area contributed by atoms with Gasteiger partial charge >= 0.3 is 0 Å². The standard InChI is InChI=1S/C17H17ClO3/c1-12-4-2-3-5-16(12)19-10-15-11-20-17(21-15)13-6-8-14(18)9-7-13/h2-9,15,17H,10-11H2,1H3/t15-,17-/m0/s1. The fourth-order valence-electron chi connectivity index (χ4n) is 2.23. The topological polar surface area (TPSA) is 27.7 Å². The zero-order valence-corrected chi connectivity index (χ0v) is 12.5. The highest BCUT2D eigenvalue weighted by Gasteiger charge is 2.27. The van der Waals surface area contributed by atoms with Crippen LogP contribution in [0.2, 0.25) is 5.02 Å². The lowest BCUT2D eigenvalue weighted by Crippen LogP contribution is -2.20. The number of aryl methyl sites for hydroxylation is 1. The number of rotatable bonds is 4. The molecule has 1 aliphatic rings. The SMILES string of the molecule is Cc1ccccc1OC[C@H]1CO[C@H](c2ccc(Cl)cc2)O1. The van der Waals surface area contributed by atoms with Crippen molar-refractivity contribution in [3.63, 3.8) is 0 Å². The van der Waals surface area contributed by atoms with Crippen molar-refractivity contribution in [2.45, 2.75) is 19.3 Å². The van der Waals surface area contributed by atoms with E-state index in [2.05, 4.69) is 0 Å². The lowest BCUT2D eigenvalue weighted by Gasteiger charge is -2.14. The van der Waals surface area contributed by atoms with Crippen LogP contribution in [0.4, 0.5) is 0 Å². The van der Waals surface area contributed by atoms with Gasteiger partial charge in [-0.1, -0.05) is 41.9 Å². The van der Waals surface area contributed by atoms with Gasteiger partial charge < -0.3 is 14.2 Å². The molecule has 0 aromatic heterocycles. The van der Waals surface area contributed by atoms with Crippen molar-refractivity contribution in [1.29, 1.82) is 0 Å². The molecule has 2 aromatic carbocycles. The molecule has 0 unspecified atom stereocenters. The smallest absolute Gasteiger partial charge is 0.184 e. The molecule has 1 saturated heterocycles. The predicted octanol–water partition coefficient (Wildman–Crippen LogP) is 4.14. The average molecular weight is 305 g/mol. The Morgan fingerprint density at radius 2 is 1.90 bits per heavy atom. The van der Waals surface area contributed by atoms with Gasteiger partial charge in [-0.2, -0.15) is 0 Å². The molecular weight excluding hydrogens is 288 g/mol. The summed E-state index contributed by atoms with van der Waals surface area (Å²) in [5.74, 6) is 0.885. The van der Waals surface area contributed by atoms with Gasteiger partial charge in [-0.25, -0.2) is 0 Å². The minimum absolute atomic E-state index is 0.0646. The van der Waals surface area contributed by atoms with Gasteiger partial charge in [0.1, 0.15) is 18.5 Å². The van der Waals surface area contributed by atoms with Crippen LogP contribution in [0.5, 0.6) is 5.75 Å². The summed E-state index contributed by atoms with van der Waals surface area (Å²) in [6, 6.07) is 15.4. The molecule has 0 radical (unpaired) electrons. The Bertz CT molecular complexity index is 597. The zero-order valence-electron chi connectivity index (χ0n) is 11.8. The van der Waals surface area contributed by atoms with Crippen LogP contribution >= 0.6 is 11.6 Å². The summed E-state index contributed by atoms with van der Waals surface area (Å²) in [6.07, 6.45) is -0.405. The van der Waals surface area contributed by atoms with Crippen LogP contribution in [0, 0.1) is 6.92 Å². The normalized spacial score (nSPS) is 21.4. The Balaban J connectivity index is 1.55. The number of benzene rings is 2. The highest BCUT2D eigenvalue weighted by atomic mass is 35.5. The minimum atomic E-state index is -0.340. The van der Waals surface area contributed by atoms with Crippen molar-refractivity contribution in [3.05, 3.63) is 64.7 Å². The predicted molar refractivity (Wildman–Crippen MR) is 81.7 cm³/mol. The Hall–Kier alpha value is -1.55. The van der Waals surface area contributed by atoms with Gasteiger partial charge in [0.2, 0.25) is 0 Å². The van der Waals surface area contributed by atoms with Crippen molar-refractivity contribution < 1.29 is 14.2 Å². The third-order valence-corrected chi connectivity index (χ3v) is 3.66. The van der Waals surface area contributed by atoms with E-state index in [0.717, 1.165) is 16.9 Å². The molecule has 0 spiro atoms. The van der Waals surface area contributed by atoms with Gasteiger partial charge in [0.25, 0.3) is 0 Å². The number of hydrogen-bond acceptors (Lipinski definition) is 3. The fourth-order valence-corrected chi connectivity index (χ4v) is 2.36. The summed E-state index contributed by atoms with van der Waals surface area (Å²) in [7, 11) is 0. The van der Waals surface area contributed by atoms with E-state index in [1.807, 2.05) is 55.5 Å². The number of halogens is 1. The van der Waals surface area contributed by atoms with Crippen LogP contribution in [-0.4, -0.2) is 19.3 Å². The zero-order chi connectivity index (χ0) is 14.7. The first-order valence-corrected chi connectivity index (χ1v) is 7.31. The quantitative estimate of drug-likeness (QED) is 0.849. The van der Waals surface area contributed by atoms with Gasteiger partial charge in [-0.15, -0.1) is 0 Å². The van der Waals surface area contributed by atoms with Crippen molar-refractivity contribution in [1.82, 2.24) is 0 Å². The van der Waals surface area contributed by atoms with Crippen LogP contribution in [0.3, 0.4) is 0 Å². The van der Waals surface area contributed by atoms with E-state index >= 15 is 0 Å². The molecule has 4 heteroatoms. The second-order valence-electron chi connectivity index (χ2n) is 5.05. The van der Waals surface area contributed by atoms with Crippen molar-refractivity contribution >= 4 is 11.6 Å². The molecule has 0 saturated carbocycles. The van der Waals surface area contributed by atoms with Crippen LogP contribution in [-0.2, 0) is 9.47 Å². The first-order chi connectivity index (χ1) is 10.2. The molecule has 0 bridgehead atoms. The summed E-state index contributed by atoms with van der Waals surface area (Å²) in [5, 5.41) is 0.705. The van der Waals surface area contributed by atoms with E-state index in [9.17, 15) is 0 Å². The van der Waals surface area contributed by atoms with Gasteiger partial charge in [-0.05, 0) is 30.7 Å². The largest absolute Gasteiger partial charge is 0.491 e. The summed E-state index contributed by atoms with van der Waals surface area (Å²) >= 11 is 5.88. The molecule has 0 N–H and O–H groups in total. The highest BCUT2D eigenvalue weighted by molar-refractivity contribution is 6.30. The lowest BCUT2D eigenvalue weighted by atomic mass is 10.2. The van der Waals surface area contributed by atoms with Gasteiger partial charge in [0.15, 0.2) is 6.29 Å². The van der Waals surface area contributed by atoms with E-state index in [0.29, 0.717) is 18.2 Å². The monoisotopic (exact) mass is 304 g/mol. The van der Waals surface area contributed by atoms with E-state index in [1.165, 1.54) is 0 Å². The maximum Gasteiger partial charge on any atom is 0.184 e. The molecule has 0 aliphatic carbocycles. The van der Waals surface area contributed by atoms with Crippen LogP contribution in [0.25, 0.3) is 0 Å². The van der Waals surface area contributed by atoms with Crippen molar-refractivity contribution in [2.75, 3.05) is 13.2 Å². The first-order valence-electron chi connectivity index (χ1n) is 6.93. The molecule has 0 amide bonds. The number of para-hydroxylation sites is 1. The summed E-state index contributed by atoms with van der Waals surface area (Å²) < 4.78 is 17.3. The summed E-state index contributed by atoms with van der Waals surface area (Å²) in [5.41, 5.74) is 2.09. The van der Waals surface area contributed by atoms with Crippen molar-refractivity contribution in [3.8, 4) is 5.75 Å². The number of hydrogen-bond donors (Lipinski definition) is 0. The molecule has 2 atom stereocenters. The molecule has 3 rings (SSSR count). The third kappa shape index (κ3) is 3.56. The van der Waals surface area contributed by atoms with E-state index in [4.69, 9.17) is 25.8 Å². The van der Waals surface area contributed by atoms with Crippen molar-refractivity contribution in [2.24, 2.45) is 0 Å². The molecule has 2 aromatic rings. The van der Waals surface area contributed by atoms with E-state index in [-0.39, 0.29) is 12.4 Å². The van der Waals surface area contributed by atoms with Crippen LogP contribution in [0.15, 0.2) is 48.5 Å². The van der Waals surface area contributed by atoms with Crippen LogP contribution < -0.4 is 4.74 Å². The first kappa shape index (κ1) is 14.4. The van der Waals surface area contributed by atoms with E-state index < -0.39 is 0 Å². The van der Waals surface area contributed by atoms with Gasteiger partial charge in [0.05, 0.1) is 6.61 Å². The molecule has 3 nitrogen and oxygen atoms in total. The lowest BCUT2D eigenvalue weighted by molar-refractivity contribution is -0.0659. The van der Waals surface area contributed by atoms with Crippen LogP contribution in [0.1, 0.15) is 17.4 Å². The third-order valence-electron chi connectivity index (χ3n) is 3.41. The maximum absolute atomic E-state index is 5.88. The highest BCUT2D eigenvalue weighted by Crippen LogP contribution is 2.28. The van der Waals surface area contributed by atoms with E-state index in [1.54, 1.807) is 0 Å². The Morgan fingerprint density at radius 3 is 2.67 bits per heavy atom. The molecule has 110 valence electrons. The Labute approximate surface area is 129 Å². The molecule has 1 fully saturated rings.